The van der Waals surface area contributed by atoms with Crippen LogP contribution in [0.25, 0.3) is 21.8 Å². The lowest BCUT2D eigenvalue weighted by atomic mass is 10.0. The number of hydrogen-bond acceptors (Lipinski definition) is 6. The van der Waals surface area contributed by atoms with E-state index < -0.39 is 0 Å². The number of fused-ring (bicyclic) bond motifs is 3. The summed E-state index contributed by atoms with van der Waals surface area (Å²) >= 11 is 0. The fourth-order valence-corrected chi connectivity index (χ4v) is 4.54. The van der Waals surface area contributed by atoms with Gasteiger partial charge in [0.1, 0.15) is 5.65 Å². The number of nitrogens with one attached hydrogen (secondary N) is 3. The van der Waals surface area contributed by atoms with Gasteiger partial charge < -0.3 is 20.7 Å². The summed E-state index contributed by atoms with van der Waals surface area (Å²) in [6.07, 6.45) is 1.66. The van der Waals surface area contributed by atoms with Crippen LogP contribution in [-0.2, 0) is 6.54 Å². The third-order valence-corrected chi connectivity index (χ3v) is 6.51. The molecule has 5 rings (SSSR count). The van der Waals surface area contributed by atoms with Gasteiger partial charge in [0.25, 0.3) is 11.5 Å². The molecule has 2 heterocycles. The average molecular weight is 508 g/mol. The minimum atomic E-state index is -0.192. The molecule has 3 aromatic carbocycles. The molecule has 0 aliphatic heterocycles. The van der Waals surface area contributed by atoms with E-state index >= 15 is 0 Å². The third kappa shape index (κ3) is 5.41. The fourth-order valence-electron chi connectivity index (χ4n) is 4.54. The molecule has 8 heteroatoms. The van der Waals surface area contributed by atoms with E-state index in [4.69, 9.17) is 0 Å². The quantitative estimate of drug-likeness (QED) is 0.212. The molecule has 4 N–H and O–H groups in total. The standard InChI is InChI=1S/C30H29N5O3/c1-2-35(16-17-36)19-20-8-13-24-25(18-20)30(38)34-28-27(24)26(14-15-31-28)32-22-9-11-23(12-10-22)33-29(37)21-6-4-3-5-7-21/h3-15,18,36H,2,16-17,19H2,1H3,(H,33,37)(H2,31,32,34,38). The molecule has 0 fully saturated rings. The zero-order valence-electron chi connectivity index (χ0n) is 21.1. The van der Waals surface area contributed by atoms with Gasteiger partial charge in [-0.3, -0.25) is 14.5 Å². The first kappa shape index (κ1) is 25.1. The van der Waals surface area contributed by atoms with Crippen molar-refractivity contribution in [1.82, 2.24) is 14.9 Å². The number of nitrogens with zero attached hydrogens (tertiary/aromatic N) is 2. The Balaban J connectivity index is 1.43. The minimum absolute atomic E-state index is 0.0910. The van der Waals surface area contributed by atoms with Gasteiger partial charge in [-0.1, -0.05) is 37.3 Å². The molecule has 2 aromatic heterocycles. The second-order valence-corrected chi connectivity index (χ2v) is 9.03. The SMILES string of the molecule is CCN(CCO)Cc1ccc2c(c1)c(=O)[nH]c1nccc(Nc3ccc(NC(=O)c4ccccc4)cc3)c12. The van der Waals surface area contributed by atoms with Crippen LogP contribution in [0.2, 0.25) is 0 Å². The normalized spacial score (nSPS) is 11.2. The van der Waals surface area contributed by atoms with Crippen molar-refractivity contribution >= 4 is 44.8 Å². The second-order valence-electron chi connectivity index (χ2n) is 9.03. The number of carbonyl (C=O) groups is 1. The number of aliphatic hydroxyl groups excluding tert-OH is 1. The van der Waals surface area contributed by atoms with E-state index in [9.17, 15) is 14.7 Å². The lowest BCUT2D eigenvalue weighted by molar-refractivity contribution is 0.102. The molecule has 5 aromatic rings. The maximum atomic E-state index is 12.9. The summed E-state index contributed by atoms with van der Waals surface area (Å²) < 4.78 is 0. The second kappa shape index (κ2) is 11.2. The van der Waals surface area contributed by atoms with E-state index in [0.717, 1.165) is 34.3 Å². The van der Waals surface area contributed by atoms with E-state index in [1.165, 1.54) is 0 Å². The van der Waals surface area contributed by atoms with Gasteiger partial charge in [0.05, 0.1) is 12.3 Å². The lowest BCUT2D eigenvalue weighted by Crippen LogP contribution is -2.26. The van der Waals surface area contributed by atoms with Crippen molar-refractivity contribution in [3.8, 4) is 0 Å². The average Bonchev–Trinajstić information content (AvgIpc) is 2.94. The van der Waals surface area contributed by atoms with Gasteiger partial charge >= 0.3 is 0 Å². The van der Waals surface area contributed by atoms with Crippen LogP contribution in [0.4, 0.5) is 17.1 Å². The van der Waals surface area contributed by atoms with Crippen LogP contribution in [0.5, 0.6) is 0 Å². The molecule has 1 amide bonds. The predicted octanol–water partition coefficient (Wildman–Crippen LogP) is 4.89. The molecule has 0 aliphatic rings. The number of carbonyl (C=O) groups excluding carboxylic acids is 1. The number of H-pyrrole nitrogens is 1. The summed E-state index contributed by atoms with van der Waals surface area (Å²) in [4.78, 5) is 34.8. The molecular weight excluding hydrogens is 478 g/mol. The van der Waals surface area contributed by atoms with Gasteiger partial charge in [-0.25, -0.2) is 4.98 Å². The molecule has 0 bridgehead atoms. The summed E-state index contributed by atoms with van der Waals surface area (Å²) in [5, 5.41) is 17.9. The number of benzene rings is 3. The molecule has 38 heavy (non-hydrogen) atoms. The van der Waals surface area contributed by atoms with Crippen LogP contribution >= 0.6 is 0 Å². The minimum Gasteiger partial charge on any atom is -0.395 e. The monoisotopic (exact) mass is 507 g/mol. The first-order valence-electron chi connectivity index (χ1n) is 12.6. The maximum absolute atomic E-state index is 12.9. The van der Waals surface area contributed by atoms with E-state index in [1.807, 2.05) is 73.7 Å². The van der Waals surface area contributed by atoms with Crippen LogP contribution in [0.1, 0.15) is 22.8 Å². The topological polar surface area (TPSA) is 110 Å². The maximum Gasteiger partial charge on any atom is 0.257 e. The van der Waals surface area contributed by atoms with Crippen molar-refractivity contribution in [3.05, 3.63) is 107 Å². The van der Waals surface area contributed by atoms with Crippen LogP contribution in [0.3, 0.4) is 0 Å². The van der Waals surface area contributed by atoms with Gasteiger partial charge in [0.2, 0.25) is 0 Å². The van der Waals surface area contributed by atoms with E-state index in [0.29, 0.717) is 35.4 Å². The molecule has 0 atom stereocenters. The van der Waals surface area contributed by atoms with Gasteiger partial charge in [-0.15, -0.1) is 0 Å². The first-order chi connectivity index (χ1) is 18.6. The third-order valence-electron chi connectivity index (χ3n) is 6.51. The van der Waals surface area contributed by atoms with Crippen molar-refractivity contribution < 1.29 is 9.90 Å². The van der Waals surface area contributed by atoms with E-state index in [1.54, 1.807) is 18.3 Å². The van der Waals surface area contributed by atoms with Crippen molar-refractivity contribution in [2.24, 2.45) is 0 Å². The first-order valence-corrected chi connectivity index (χ1v) is 12.6. The Labute approximate surface area is 220 Å². The highest BCUT2D eigenvalue weighted by molar-refractivity contribution is 6.11. The Morgan fingerprint density at radius 1 is 0.974 bits per heavy atom. The molecule has 0 spiro atoms. The lowest BCUT2D eigenvalue weighted by Gasteiger charge is -2.19. The number of hydrogen-bond donors (Lipinski definition) is 4. The largest absolute Gasteiger partial charge is 0.395 e. The molecule has 8 nitrogen and oxygen atoms in total. The van der Waals surface area contributed by atoms with Gasteiger partial charge in [-0.2, -0.15) is 0 Å². The molecule has 0 unspecified atom stereocenters. The Hall–Kier alpha value is -4.53. The highest BCUT2D eigenvalue weighted by Crippen LogP contribution is 2.30. The van der Waals surface area contributed by atoms with Crippen LogP contribution in [0.15, 0.2) is 89.9 Å². The molecule has 192 valence electrons. The summed E-state index contributed by atoms with van der Waals surface area (Å²) in [6, 6.07) is 24.3. The molecule has 0 saturated carbocycles. The molecule has 0 aliphatic carbocycles. The van der Waals surface area contributed by atoms with E-state index in [-0.39, 0.29) is 18.1 Å². The van der Waals surface area contributed by atoms with Crippen molar-refractivity contribution in [2.75, 3.05) is 30.3 Å². The van der Waals surface area contributed by atoms with E-state index in [2.05, 4.69) is 25.5 Å². The van der Waals surface area contributed by atoms with Crippen LogP contribution in [-0.4, -0.2) is 45.6 Å². The number of anilines is 3. The Morgan fingerprint density at radius 3 is 2.47 bits per heavy atom. The van der Waals surface area contributed by atoms with Crippen molar-refractivity contribution in [3.63, 3.8) is 0 Å². The number of aromatic amines is 1. The number of aromatic nitrogens is 2. The molecule has 0 saturated heterocycles. The fraction of sp³-hybridized carbons (Fsp3) is 0.167. The predicted molar refractivity (Wildman–Crippen MR) is 152 cm³/mol. The highest BCUT2D eigenvalue weighted by Gasteiger charge is 2.13. The zero-order valence-corrected chi connectivity index (χ0v) is 21.1. The zero-order chi connectivity index (χ0) is 26.5. The van der Waals surface area contributed by atoms with Crippen LogP contribution < -0.4 is 16.2 Å². The van der Waals surface area contributed by atoms with Gasteiger partial charge in [0.15, 0.2) is 0 Å². The van der Waals surface area contributed by atoms with Crippen molar-refractivity contribution in [1.29, 1.82) is 0 Å². The number of likely N-dealkylation sites (N-methyl/N-ethyl adjacent to an activating group) is 1. The summed E-state index contributed by atoms with van der Waals surface area (Å²) in [7, 11) is 0. The molecular formula is C30H29N5O3. The summed E-state index contributed by atoms with van der Waals surface area (Å²) in [6.45, 7) is 4.17. The Bertz CT molecular complexity index is 1630. The summed E-state index contributed by atoms with van der Waals surface area (Å²) in [5.74, 6) is -0.167. The Kier molecular flexibility index (Phi) is 7.44. The van der Waals surface area contributed by atoms with Gasteiger partial charge in [-0.05, 0) is 60.6 Å². The van der Waals surface area contributed by atoms with Gasteiger partial charge in [0, 0.05) is 52.4 Å². The number of amides is 1. The Morgan fingerprint density at radius 2 is 1.74 bits per heavy atom. The van der Waals surface area contributed by atoms with Crippen molar-refractivity contribution in [2.45, 2.75) is 13.5 Å². The van der Waals surface area contributed by atoms with Crippen LogP contribution in [0, 0.1) is 0 Å². The highest BCUT2D eigenvalue weighted by atomic mass is 16.3. The number of aliphatic hydroxyl groups is 1. The number of pyridine rings is 2. The molecule has 0 radical (unpaired) electrons. The number of rotatable bonds is 9. The summed E-state index contributed by atoms with van der Waals surface area (Å²) in [5.41, 5.74) is 4.23. The smallest absolute Gasteiger partial charge is 0.257 e.